The third-order valence-corrected chi connectivity index (χ3v) is 4.86. The lowest BCUT2D eigenvalue weighted by atomic mass is 10.0. The molecule has 1 aromatic carbocycles. The number of amides is 1. The molecule has 0 radical (unpaired) electrons. The molecule has 0 fully saturated rings. The number of terminal acetylenes is 1. The number of aromatic nitrogens is 1. The second-order valence-electron chi connectivity index (χ2n) is 6.04. The molecule has 3 rings (SSSR count). The number of rotatable bonds is 9. The summed E-state index contributed by atoms with van der Waals surface area (Å²) in [6.45, 7) is 2.77. The fourth-order valence-corrected chi connectivity index (χ4v) is 3.14. The molecule has 0 aliphatic carbocycles. The number of aryl methyl sites for hydroxylation is 1. The van der Waals surface area contributed by atoms with Gasteiger partial charge in [0.15, 0.2) is 5.66 Å². The van der Waals surface area contributed by atoms with Crippen LogP contribution in [0.4, 0.5) is 0 Å². The van der Waals surface area contributed by atoms with E-state index in [0.717, 1.165) is 17.1 Å². The van der Waals surface area contributed by atoms with Crippen molar-refractivity contribution in [1.29, 1.82) is 0 Å². The van der Waals surface area contributed by atoms with Crippen LogP contribution in [0.3, 0.4) is 0 Å². The SMILES string of the molecule is C#CCCC1(CCNC(=O)c2ccccc2OCc2csc(C)n2)N=N1. The summed E-state index contributed by atoms with van der Waals surface area (Å²) in [5.41, 5.74) is 0.968. The maximum Gasteiger partial charge on any atom is 0.255 e. The number of nitrogens with one attached hydrogen (secondary N) is 1. The molecule has 0 atom stereocenters. The standard InChI is InChI=1S/C19H20N4O2S/c1-3-4-9-19(22-23-19)10-11-20-18(24)16-7-5-6-8-17(16)25-12-15-13-26-14(2)21-15/h1,5-8,13H,4,9-12H2,2H3,(H,20,24). The van der Waals surface area contributed by atoms with Crippen molar-refractivity contribution in [2.24, 2.45) is 10.2 Å². The average Bonchev–Trinajstić information content (AvgIpc) is 3.30. The largest absolute Gasteiger partial charge is 0.486 e. The highest BCUT2D eigenvalue weighted by molar-refractivity contribution is 7.09. The molecule has 134 valence electrons. The van der Waals surface area contributed by atoms with Crippen LogP contribution in [-0.4, -0.2) is 23.1 Å². The van der Waals surface area contributed by atoms with Gasteiger partial charge in [0.1, 0.15) is 12.4 Å². The van der Waals surface area contributed by atoms with Gasteiger partial charge >= 0.3 is 0 Å². The Morgan fingerprint density at radius 2 is 2.15 bits per heavy atom. The van der Waals surface area contributed by atoms with Crippen LogP contribution in [-0.2, 0) is 6.61 Å². The number of benzene rings is 1. The van der Waals surface area contributed by atoms with Crippen LogP contribution < -0.4 is 10.1 Å². The van der Waals surface area contributed by atoms with Gasteiger partial charge in [0.2, 0.25) is 0 Å². The maximum absolute atomic E-state index is 12.5. The van der Waals surface area contributed by atoms with E-state index in [4.69, 9.17) is 11.2 Å². The Balaban J connectivity index is 1.53. The first kappa shape index (κ1) is 18.1. The quantitative estimate of drug-likeness (QED) is 0.685. The van der Waals surface area contributed by atoms with Gasteiger partial charge in [-0.1, -0.05) is 12.1 Å². The molecule has 1 amide bonds. The highest BCUT2D eigenvalue weighted by Gasteiger charge is 2.38. The summed E-state index contributed by atoms with van der Waals surface area (Å²) < 4.78 is 5.79. The van der Waals surface area contributed by atoms with Gasteiger partial charge in [-0.2, -0.15) is 10.2 Å². The molecule has 7 heteroatoms. The van der Waals surface area contributed by atoms with Gasteiger partial charge in [0.05, 0.1) is 16.3 Å². The minimum Gasteiger partial charge on any atom is -0.486 e. The predicted molar refractivity (Wildman–Crippen MR) is 100 cm³/mol. The molecule has 6 nitrogen and oxygen atoms in total. The normalized spacial score (nSPS) is 13.8. The van der Waals surface area contributed by atoms with Gasteiger partial charge in [0, 0.05) is 31.2 Å². The molecule has 1 N–H and O–H groups in total. The second-order valence-corrected chi connectivity index (χ2v) is 7.10. The Bertz CT molecular complexity index is 847. The van der Waals surface area contributed by atoms with Crippen LogP contribution in [0, 0.1) is 19.3 Å². The van der Waals surface area contributed by atoms with Crippen LogP contribution in [0.15, 0.2) is 39.9 Å². The molecule has 0 spiro atoms. The van der Waals surface area contributed by atoms with Crippen LogP contribution in [0.2, 0.25) is 0 Å². The molecule has 0 saturated carbocycles. The van der Waals surface area contributed by atoms with Crippen LogP contribution in [0.1, 0.15) is 40.3 Å². The number of nitrogens with zero attached hydrogens (tertiary/aromatic N) is 3. The van der Waals surface area contributed by atoms with Crippen molar-refractivity contribution in [2.75, 3.05) is 6.54 Å². The van der Waals surface area contributed by atoms with E-state index in [1.807, 2.05) is 24.4 Å². The van der Waals surface area contributed by atoms with Crippen molar-refractivity contribution in [3.05, 3.63) is 45.9 Å². The van der Waals surface area contributed by atoms with E-state index in [-0.39, 0.29) is 5.91 Å². The van der Waals surface area contributed by atoms with E-state index >= 15 is 0 Å². The zero-order chi connectivity index (χ0) is 18.4. The van der Waals surface area contributed by atoms with E-state index in [9.17, 15) is 4.79 Å². The van der Waals surface area contributed by atoms with Crippen molar-refractivity contribution in [1.82, 2.24) is 10.3 Å². The number of hydrogen-bond acceptors (Lipinski definition) is 6. The van der Waals surface area contributed by atoms with Gasteiger partial charge < -0.3 is 10.1 Å². The third kappa shape index (κ3) is 4.67. The van der Waals surface area contributed by atoms with Crippen molar-refractivity contribution in [3.63, 3.8) is 0 Å². The van der Waals surface area contributed by atoms with Crippen molar-refractivity contribution >= 4 is 17.2 Å². The van der Waals surface area contributed by atoms with Crippen LogP contribution in [0.5, 0.6) is 5.75 Å². The zero-order valence-corrected chi connectivity index (χ0v) is 15.4. The first-order valence-electron chi connectivity index (χ1n) is 8.40. The Morgan fingerprint density at radius 1 is 1.35 bits per heavy atom. The molecule has 0 unspecified atom stereocenters. The fraction of sp³-hybridized carbons (Fsp3) is 0.368. The van der Waals surface area contributed by atoms with E-state index in [1.54, 1.807) is 23.5 Å². The Kier molecular flexibility index (Phi) is 5.64. The molecule has 2 aromatic rings. The van der Waals surface area contributed by atoms with E-state index in [1.165, 1.54) is 0 Å². The highest BCUT2D eigenvalue weighted by Crippen LogP contribution is 2.36. The summed E-state index contributed by atoms with van der Waals surface area (Å²) in [5.74, 6) is 2.96. The van der Waals surface area contributed by atoms with E-state index in [0.29, 0.717) is 37.3 Å². The lowest BCUT2D eigenvalue weighted by Gasteiger charge is -2.12. The Hall–Kier alpha value is -2.72. The van der Waals surface area contributed by atoms with Crippen LogP contribution >= 0.6 is 11.3 Å². The topological polar surface area (TPSA) is 75.9 Å². The monoisotopic (exact) mass is 368 g/mol. The van der Waals surface area contributed by atoms with Gasteiger partial charge in [0.25, 0.3) is 5.91 Å². The molecule has 1 aliphatic rings. The van der Waals surface area contributed by atoms with E-state index < -0.39 is 5.66 Å². The third-order valence-electron chi connectivity index (χ3n) is 4.04. The molecule has 1 aliphatic heterocycles. The molecular formula is C19H20N4O2S. The molecule has 0 saturated heterocycles. The highest BCUT2D eigenvalue weighted by atomic mass is 32.1. The number of carbonyl (C=O) groups is 1. The summed E-state index contributed by atoms with van der Waals surface area (Å²) in [7, 11) is 0. The summed E-state index contributed by atoms with van der Waals surface area (Å²) in [6, 6.07) is 7.19. The molecule has 1 aromatic heterocycles. The summed E-state index contributed by atoms with van der Waals surface area (Å²) in [4.78, 5) is 16.9. The Morgan fingerprint density at radius 3 is 2.85 bits per heavy atom. The van der Waals surface area contributed by atoms with Gasteiger partial charge in [-0.3, -0.25) is 4.79 Å². The van der Waals surface area contributed by atoms with Crippen molar-refractivity contribution < 1.29 is 9.53 Å². The molecule has 2 heterocycles. The Labute approximate surface area is 156 Å². The minimum atomic E-state index is -0.391. The first-order chi connectivity index (χ1) is 12.6. The average molecular weight is 368 g/mol. The van der Waals surface area contributed by atoms with Crippen molar-refractivity contribution in [3.8, 4) is 18.1 Å². The summed E-state index contributed by atoms with van der Waals surface area (Å²) in [6.07, 6.45) is 7.30. The fourth-order valence-electron chi connectivity index (χ4n) is 2.55. The predicted octanol–water partition coefficient (Wildman–Crippen LogP) is 3.73. The van der Waals surface area contributed by atoms with Gasteiger partial charge in [-0.15, -0.1) is 23.7 Å². The molecule has 26 heavy (non-hydrogen) atoms. The van der Waals surface area contributed by atoms with E-state index in [2.05, 4.69) is 26.4 Å². The van der Waals surface area contributed by atoms with Gasteiger partial charge in [-0.25, -0.2) is 4.98 Å². The zero-order valence-electron chi connectivity index (χ0n) is 14.6. The number of hydrogen-bond donors (Lipinski definition) is 1. The first-order valence-corrected chi connectivity index (χ1v) is 9.28. The lowest BCUT2D eigenvalue weighted by molar-refractivity contribution is 0.0947. The summed E-state index contributed by atoms with van der Waals surface area (Å²) in [5, 5.41) is 14.0. The number of carbonyl (C=O) groups excluding carboxylic acids is 1. The number of para-hydroxylation sites is 1. The second kappa shape index (κ2) is 8.11. The lowest BCUT2D eigenvalue weighted by Crippen LogP contribution is -2.28. The summed E-state index contributed by atoms with van der Waals surface area (Å²) >= 11 is 1.57. The van der Waals surface area contributed by atoms with Crippen LogP contribution in [0.25, 0.3) is 0 Å². The smallest absolute Gasteiger partial charge is 0.255 e. The van der Waals surface area contributed by atoms with Crippen molar-refractivity contribution in [2.45, 2.75) is 38.5 Å². The minimum absolute atomic E-state index is 0.178. The number of thiazole rings is 1. The van der Waals surface area contributed by atoms with Gasteiger partial charge in [-0.05, 0) is 19.1 Å². The molecular weight excluding hydrogens is 348 g/mol. The molecule has 0 bridgehead atoms. The maximum atomic E-state index is 12.5. The number of ether oxygens (including phenoxy) is 1.